The van der Waals surface area contributed by atoms with E-state index in [9.17, 15) is 13.2 Å². The number of sulfonamides is 1. The number of nitrogens with one attached hydrogen (secondary N) is 2. The Hall–Kier alpha value is -2.98. The van der Waals surface area contributed by atoms with Crippen LogP contribution in [0.4, 0.5) is 4.79 Å². The van der Waals surface area contributed by atoms with Gasteiger partial charge < -0.3 is 10.6 Å². The van der Waals surface area contributed by atoms with Crippen LogP contribution in [0.1, 0.15) is 24.0 Å². The molecule has 0 spiro atoms. The average Bonchev–Trinajstić information content (AvgIpc) is 3.44. The van der Waals surface area contributed by atoms with Crippen molar-refractivity contribution >= 4 is 27.1 Å². The van der Waals surface area contributed by atoms with Crippen LogP contribution >= 0.6 is 0 Å². The molecule has 2 aromatic carbocycles. The quantitative estimate of drug-likeness (QED) is 0.582. The average molecular weight is 443 g/mol. The Bertz CT molecular complexity index is 1170. The predicted octanol–water partition coefficient (Wildman–Crippen LogP) is 2.02. The minimum atomic E-state index is -3.49. The summed E-state index contributed by atoms with van der Waals surface area (Å²) in [5.74, 6) is 0. The lowest BCUT2D eigenvalue weighted by atomic mass is 10.1. The summed E-state index contributed by atoms with van der Waals surface area (Å²) in [5, 5.41) is 13.8. The third-order valence-electron chi connectivity index (χ3n) is 5.37. The van der Waals surface area contributed by atoms with Crippen LogP contribution in [-0.2, 0) is 23.1 Å². The van der Waals surface area contributed by atoms with Gasteiger partial charge in [-0.1, -0.05) is 35.0 Å². The summed E-state index contributed by atoms with van der Waals surface area (Å²) >= 11 is 0. The number of aromatic nitrogens is 3. The molecule has 10 heteroatoms. The van der Waals surface area contributed by atoms with Crippen molar-refractivity contribution in [1.29, 1.82) is 0 Å². The molecule has 1 saturated heterocycles. The number of hydrogen-bond donors (Lipinski definition) is 2. The Morgan fingerprint density at radius 1 is 1.06 bits per heavy atom. The fraction of sp³-hybridized carbons (Fsp3) is 0.381. The van der Waals surface area contributed by atoms with Gasteiger partial charge in [-0.05, 0) is 43.5 Å². The monoisotopic (exact) mass is 442 g/mol. The first-order chi connectivity index (χ1) is 14.9. The van der Waals surface area contributed by atoms with Gasteiger partial charge in [0, 0.05) is 26.2 Å². The zero-order valence-electron chi connectivity index (χ0n) is 17.4. The van der Waals surface area contributed by atoms with Crippen molar-refractivity contribution in [3.63, 3.8) is 0 Å². The van der Waals surface area contributed by atoms with Crippen molar-refractivity contribution in [2.24, 2.45) is 0 Å². The molecule has 1 aliphatic heterocycles. The highest BCUT2D eigenvalue weighted by atomic mass is 32.2. The Kier molecular flexibility index (Phi) is 6.19. The SMILES string of the molecule is Cc1ccc(CNC(=O)NCCn2nnc3cc(S(=O)(=O)N4CCCC4)ccc32)cc1. The first-order valence-electron chi connectivity index (χ1n) is 10.3. The van der Waals surface area contributed by atoms with Crippen molar-refractivity contribution in [3.8, 4) is 0 Å². The number of benzene rings is 2. The lowest BCUT2D eigenvalue weighted by Gasteiger charge is -2.15. The van der Waals surface area contributed by atoms with E-state index in [1.807, 2.05) is 31.2 Å². The molecular weight excluding hydrogens is 416 g/mol. The van der Waals surface area contributed by atoms with Gasteiger partial charge in [0.1, 0.15) is 5.52 Å². The molecule has 1 aromatic heterocycles. The van der Waals surface area contributed by atoms with Gasteiger partial charge in [0.15, 0.2) is 0 Å². The molecule has 0 radical (unpaired) electrons. The van der Waals surface area contributed by atoms with Gasteiger partial charge in [0.25, 0.3) is 0 Å². The highest BCUT2D eigenvalue weighted by Gasteiger charge is 2.27. The van der Waals surface area contributed by atoms with Crippen LogP contribution in [0.5, 0.6) is 0 Å². The number of carbonyl (C=O) groups excluding carboxylic acids is 1. The summed E-state index contributed by atoms with van der Waals surface area (Å²) in [6, 6.07) is 12.6. The maximum atomic E-state index is 12.7. The van der Waals surface area contributed by atoms with Gasteiger partial charge in [-0.2, -0.15) is 4.31 Å². The van der Waals surface area contributed by atoms with E-state index in [0.29, 0.717) is 38.2 Å². The second-order valence-electron chi connectivity index (χ2n) is 7.67. The number of urea groups is 1. The van der Waals surface area contributed by atoms with E-state index < -0.39 is 10.0 Å². The molecule has 9 nitrogen and oxygen atoms in total. The Balaban J connectivity index is 1.32. The molecule has 3 aromatic rings. The van der Waals surface area contributed by atoms with E-state index in [0.717, 1.165) is 23.9 Å². The number of rotatable bonds is 7. The highest BCUT2D eigenvalue weighted by molar-refractivity contribution is 7.89. The maximum Gasteiger partial charge on any atom is 0.315 e. The van der Waals surface area contributed by atoms with E-state index >= 15 is 0 Å². The summed E-state index contributed by atoms with van der Waals surface area (Å²) in [4.78, 5) is 12.3. The molecule has 31 heavy (non-hydrogen) atoms. The van der Waals surface area contributed by atoms with Gasteiger partial charge >= 0.3 is 6.03 Å². The highest BCUT2D eigenvalue weighted by Crippen LogP contribution is 2.23. The summed E-state index contributed by atoms with van der Waals surface area (Å²) in [7, 11) is -3.49. The number of aryl methyl sites for hydroxylation is 1. The van der Waals surface area contributed by atoms with E-state index in [-0.39, 0.29) is 10.9 Å². The fourth-order valence-corrected chi connectivity index (χ4v) is 5.12. The Morgan fingerprint density at radius 3 is 2.55 bits per heavy atom. The van der Waals surface area contributed by atoms with Crippen LogP contribution in [-0.4, -0.2) is 53.4 Å². The molecule has 0 atom stereocenters. The van der Waals surface area contributed by atoms with Crippen LogP contribution in [0.25, 0.3) is 11.0 Å². The van der Waals surface area contributed by atoms with Crippen molar-refractivity contribution < 1.29 is 13.2 Å². The summed E-state index contributed by atoms with van der Waals surface area (Å²) < 4.78 is 28.6. The Morgan fingerprint density at radius 2 is 1.81 bits per heavy atom. The second-order valence-corrected chi connectivity index (χ2v) is 9.61. The molecule has 0 saturated carbocycles. The molecule has 2 heterocycles. The van der Waals surface area contributed by atoms with E-state index in [1.165, 1.54) is 9.87 Å². The lowest BCUT2D eigenvalue weighted by Crippen LogP contribution is -2.36. The molecule has 4 rings (SSSR count). The number of amides is 2. The summed E-state index contributed by atoms with van der Waals surface area (Å²) in [6.45, 7) is 4.38. The van der Waals surface area contributed by atoms with E-state index in [1.54, 1.807) is 22.9 Å². The minimum absolute atomic E-state index is 0.238. The number of carbonyl (C=O) groups is 1. The van der Waals surface area contributed by atoms with Gasteiger partial charge in [-0.15, -0.1) is 5.10 Å². The van der Waals surface area contributed by atoms with Crippen molar-refractivity contribution in [1.82, 2.24) is 29.9 Å². The Labute approximate surface area is 181 Å². The number of nitrogens with zero attached hydrogens (tertiary/aromatic N) is 4. The third kappa shape index (κ3) is 4.86. The molecular formula is C21H26N6O3S. The smallest absolute Gasteiger partial charge is 0.315 e. The van der Waals surface area contributed by atoms with Crippen LogP contribution in [0.2, 0.25) is 0 Å². The van der Waals surface area contributed by atoms with Gasteiger partial charge in [0.2, 0.25) is 10.0 Å². The van der Waals surface area contributed by atoms with Crippen LogP contribution in [0.3, 0.4) is 0 Å². The third-order valence-corrected chi connectivity index (χ3v) is 7.27. The summed E-state index contributed by atoms with van der Waals surface area (Å²) in [6.07, 6.45) is 1.78. The van der Waals surface area contributed by atoms with Gasteiger partial charge in [-0.3, -0.25) is 0 Å². The molecule has 164 valence electrons. The first kappa shape index (κ1) is 21.3. The largest absolute Gasteiger partial charge is 0.336 e. The van der Waals surface area contributed by atoms with Crippen molar-refractivity contribution in [2.75, 3.05) is 19.6 Å². The van der Waals surface area contributed by atoms with Crippen LogP contribution in [0.15, 0.2) is 47.4 Å². The van der Waals surface area contributed by atoms with E-state index in [2.05, 4.69) is 20.9 Å². The molecule has 2 N–H and O–H groups in total. The normalized spacial score (nSPS) is 14.7. The first-order valence-corrected chi connectivity index (χ1v) is 11.8. The van der Waals surface area contributed by atoms with Gasteiger partial charge in [0.05, 0.1) is 17.0 Å². The molecule has 0 aliphatic carbocycles. The zero-order valence-corrected chi connectivity index (χ0v) is 18.2. The molecule has 2 amide bonds. The topological polar surface area (TPSA) is 109 Å². The van der Waals surface area contributed by atoms with Gasteiger partial charge in [-0.25, -0.2) is 17.9 Å². The predicted molar refractivity (Wildman–Crippen MR) is 117 cm³/mol. The molecule has 0 unspecified atom stereocenters. The van der Waals surface area contributed by atoms with Crippen molar-refractivity contribution in [3.05, 3.63) is 53.6 Å². The molecule has 1 fully saturated rings. The standard InChI is InChI=1S/C21H26N6O3S/c1-16-4-6-17(7-5-16)15-23-21(28)22-10-13-27-20-9-8-18(14-19(20)24-25-27)31(29,30)26-11-2-3-12-26/h4-9,14H,2-3,10-13,15H2,1H3,(H2,22,23,28). The number of fused-ring (bicyclic) bond motifs is 1. The number of hydrogen-bond acceptors (Lipinski definition) is 5. The van der Waals surface area contributed by atoms with Crippen molar-refractivity contribution in [2.45, 2.75) is 37.8 Å². The van der Waals surface area contributed by atoms with Crippen LogP contribution in [0, 0.1) is 6.92 Å². The van der Waals surface area contributed by atoms with E-state index in [4.69, 9.17) is 0 Å². The minimum Gasteiger partial charge on any atom is -0.336 e. The summed E-state index contributed by atoms with van der Waals surface area (Å²) in [5.41, 5.74) is 3.45. The van der Waals surface area contributed by atoms with Crippen LogP contribution < -0.4 is 10.6 Å². The molecule has 1 aliphatic rings. The fourth-order valence-electron chi connectivity index (χ4n) is 3.58. The zero-order chi connectivity index (χ0) is 21.8. The second kappa shape index (κ2) is 9.03. The maximum absolute atomic E-state index is 12.7. The lowest BCUT2D eigenvalue weighted by molar-refractivity contribution is 0.240. The molecule has 0 bridgehead atoms.